The molecule has 5 heteroatoms. The van der Waals surface area contributed by atoms with E-state index in [1.807, 2.05) is 20.2 Å². The molecule has 0 spiro atoms. The van der Waals surface area contributed by atoms with Gasteiger partial charge in [-0.25, -0.2) is 0 Å². The van der Waals surface area contributed by atoms with Crippen LogP contribution in [0.5, 0.6) is 5.75 Å². The lowest BCUT2D eigenvalue weighted by Gasteiger charge is -2.16. The van der Waals surface area contributed by atoms with Gasteiger partial charge in [0.2, 0.25) is 0 Å². The summed E-state index contributed by atoms with van der Waals surface area (Å²) in [6.45, 7) is 2.58. The molecule has 3 nitrogen and oxygen atoms in total. The van der Waals surface area contributed by atoms with Gasteiger partial charge in [0.15, 0.2) is 0 Å². The number of hydrogen-bond donors (Lipinski definition) is 1. The Morgan fingerprint density at radius 2 is 2.16 bits per heavy atom. The largest absolute Gasteiger partial charge is 0.433 e. The number of hydrogen-bond acceptors (Lipinski definition) is 3. The molecule has 1 aromatic rings. The maximum Gasteiger partial charge on any atom is 0.394 e. The zero-order valence-corrected chi connectivity index (χ0v) is 11.5. The van der Waals surface area contributed by atoms with Crippen LogP contribution in [-0.4, -0.2) is 38.2 Å². The van der Waals surface area contributed by atoms with Gasteiger partial charge >= 0.3 is 6.11 Å². The number of halogens is 2. The van der Waals surface area contributed by atoms with Crippen LogP contribution in [0.2, 0.25) is 0 Å². The molecular weight excluding hydrogens is 250 g/mol. The van der Waals surface area contributed by atoms with Gasteiger partial charge in [0.25, 0.3) is 0 Å². The van der Waals surface area contributed by atoms with Crippen LogP contribution in [0.15, 0.2) is 18.2 Å². The summed E-state index contributed by atoms with van der Waals surface area (Å²) in [5, 5.41) is 3.30. The Bertz CT molecular complexity index is 444. The van der Waals surface area contributed by atoms with E-state index >= 15 is 0 Å². The highest BCUT2D eigenvalue weighted by atomic mass is 19.3. The van der Waals surface area contributed by atoms with E-state index in [2.05, 4.69) is 15.0 Å². The fraction of sp³-hybridized carbons (Fsp3) is 0.571. The molecule has 1 heterocycles. The average Bonchev–Trinajstić information content (AvgIpc) is 2.66. The third-order valence-corrected chi connectivity index (χ3v) is 3.22. The van der Waals surface area contributed by atoms with Crippen LogP contribution in [0.25, 0.3) is 0 Å². The molecule has 0 aromatic heterocycles. The van der Waals surface area contributed by atoms with Crippen LogP contribution >= 0.6 is 0 Å². The zero-order valence-electron chi connectivity index (χ0n) is 11.5. The van der Waals surface area contributed by atoms with E-state index in [1.54, 1.807) is 12.1 Å². The van der Waals surface area contributed by atoms with E-state index in [0.29, 0.717) is 5.92 Å². The van der Waals surface area contributed by atoms with Crippen molar-refractivity contribution < 1.29 is 13.5 Å². The van der Waals surface area contributed by atoms with Crippen molar-refractivity contribution in [3.8, 4) is 5.75 Å². The first kappa shape index (κ1) is 14.1. The minimum Gasteiger partial charge on any atom is -0.433 e. The van der Waals surface area contributed by atoms with Crippen molar-refractivity contribution >= 4 is 5.69 Å². The normalized spacial score (nSPS) is 18.3. The highest BCUT2D eigenvalue weighted by molar-refractivity contribution is 5.60. The minimum absolute atomic E-state index is 0.227. The summed E-state index contributed by atoms with van der Waals surface area (Å²) in [6.07, 6.45) is -2.14. The summed E-state index contributed by atoms with van der Waals surface area (Å²) in [6, 6.07) is 5.12. The Balaban J connectivity index is 2.12. The van der Waals surface area contributed by atoms with Crippen LogP contribution in [-0.2, 0) is 0 Å². The molecule has 1 unspecified atom stereocenters. The lowest BCUT2D eigenvalue weighted by atomic mass is 9.97. The smallest absolute Gasteiger partial charge is 0.394 e. The summed E-state index contributed by atoms with van der Waals surface area (Å²) in [5.74, 6) is 0.580. The number of alkyl halides is 2. The van der Waals surface area contributed by atoms with Crippen LogP contribution < -0.4 is 10.1 Å². The molecule has 0 amide bonds. The van der Waals surface area contributed by atoms with Gasteiger partial charge in [-0.2, -0.15) is 8.78 Å². The third-order valence-electron chi connectivity index (χ3n) is 3.22. The molecule has 1 N–H and O–H groups in total. The fourth-order valence-electron chi connectivity index (χ4n) is 2.32. The van der Waals surface area contributed by atoms with Crippen molar-refractivity contribution in [3.05, 3.63) is 23.8 Å². The molecule has 0 bridgehead atoms. The molecule has 0 saturated heterocycles. The number of nitrogens with one attached hydrogen (secondary N) is 1. The van der Waals surface area contributed by atoms with Gasteiger partial charge in [-0.05, 0) is 50.8 Å². The van der Waals surface area contributed by atoms with E-state index in [-0.39, 0.29) is 5.75 Å². The molecule has 0 saturated carbocycles. The second kappa shape index (κ2) is 5.33. The Morgan fingerprint density at radius 1 is 1.42 bits per heavy atom. The number of fused-ring (bicyclic) bond motifs is 1. The summed E-state index contributed by atoms with van der Waals surface area (Å²) in [7, 11) is 4.06. The standard InChI is InChI=1S/C14H20F2N2O/c1-14(15,16)19-11-4-5-13-12(8-11)10(9-17-13)6-7-18(2)3/h4-5,8,10,17H,6-7,9H2,1-3H3. The molecule has 1 aliphatic heterocycles. The first-order chi connectivity index (χ1) is 8.85. The maximum absolute atomic E-state index is 12.9. The van der Waals surface area contributed by atoms with Gasteiger partial charge in [0.05, 0.1) is 0 Å². The maximum atomic E-state index is 12.9. The van der Waals surface area contributed by atoms with Crippen molar-refractivity contribution in [2.75, 3.05) is 32.5 Å². The van der Waals surface area contributed by atoms with Crippen molar-refractivity contribution in [1.82, 2.24) is 4.90 Å². The zero-order chi connectivity index (χ0) is 14.0. The lowest BCUT2D eigenvalue weighted by Crippen LogP contribution is -2.19. The van der Waals surface area contributed by atoms with E-state index < -0.39 is 6.11 Å². The lowest BCUT2D eigenvalue weighted by molar-refractivity contribution is -0.158. The Labute approximate surface area is 112 Å². The number of anilines is 1. The summed E-state index contributed by atoms with van der Waals surface area (Å²) >= 11 is 0. The predicted octanol–water partition coefficient (Wildman–Crippen LogP) is 3.14. The Kier molecular flexibility index (Phi) is 3.94. The molecule has 1 aliphatic rings. The second-order valence-corrected chi connectivity index (χ2v) is 5.33. The predicted molar refractivity (Wildman–Crippen MR) is 72.1 cm³/mol. The highest BCUT2D eigenvalue weighted by Crippen LogP contribution is 2.37. The molecule has 106 valence electrons. The van der Waals surface area contributed by atoms with Gasteiger partial charge in [-0.15, -0.1) is 0 Å². The Morgan fingerprint density at radius 3 is 2.79 bits per heavy atom. The van der Waals surface area contributed by atoms with Crippen molar-refractivity contribution in [1.29, 1.82) is 0 Å². The van der Waals surface area contributed by atoms with E-state index in [1.165, 1.54) is 0 Å². The van der Waals surface area contributed by atoms with Gasteiger partial charge < -0.3 is 15.0 Å². The van der Waals surface area contributed by atoms with E-state index in [4.69, 9.17) is 0 Å². The number of ether oxygens (including phenoxy) is 1. The summed E-state index contributed by atoms with van der Waals surface area (Å²) in [4.78, 5) is 2.12. The minimum atomic E-state index is -3.14. The van der Waals surface area contributed by atoms with Gasteiger partial charge in [0.1, 0.15) is 5.75 Å². The van der Waals surface area contributed by atoms with E-state index in [0.717, 1.165) is 37.7 Å². The quantitative estimate of drug-likeness (QED) is 0.889. The van der Waals surface area contributed by atoms with Gasteiger partial charge in [-0.3, -0.25) is 0 Å². The molecule has 19 heavy (non-hydrogen) atoms. The summed E-state index contributed by atoms with van der Waals surface area (Å²) < 4.78 is 30.4. The first-order valence-corrected chi connectivity index (χ1v) is 6.44. The summed E-state index contributed by atoms with van der Waals surface area (Å²) in [5.41, 5.74) is 2.10. The molecule has 0 fully saturated rings. The number of nitrogens with zero attached hydrogens (tertiary/aromatic N) is 1. The average molecular weight is 270 g/mol. The molecule has 0 radical (unpaired) electrons. The number of rotatable bonds is 5. The fourth-order valence-corrected chi connectivity index (χ4v) is 2.32. The molecule has 0 aliphatic carbocycles. The van der Waals surface area contributed by atoms with Crippen molar-refractivity contribution in [2.45, 2.75) is 25.4 Å². The topological polar surface area (TPSA) is 24.5 Å². The van der Waals surface area contributed by atoms with Crippen molar-refractivity contribution in [2.24, 2.45) is 0 Å². The monoisotopic (exact) mass is 270 g/mol. The van der Waals surface area contributed by atoms with Crippen LogP contribution in [0.3, 0.4) is 0 Å². The van der Waals surface area contributed by atoms with Crippen molar-refractivity contribution in [3.63, 3.8) is 0 Å². The molecule has 1 aromatic carbocycles. The van der Waals surface area contributed by atoms with E-state index in [9.17, 15) is 8.78 Å². The van der Waals surface area contributed by atoms with Gasteiger partial charge in [-0.1, -0.05) is 0 Å². The molecule has 2 rings (SSSR count). The number of benzene rings is 1. The SMILES string of the molecule is CN(C)CCC1CNc2ccc(OC(C)(F)F)cc21. The molecular formula is C14H20F2N2O. The highest BCUT2D eigenvalue weighted by Gasteiger charge is 2.26. The Hall–Kier alpha value is -1.36. The third kappa shape index (κ3) is 3.80. The molecule has 1 atom stereocenters. The second-order valence-electron chi connectivity index (χ2n) is 5.33. The van der Waals surface area contributed by atoms with Crippen LogP contribution in [0.1, 0.15) is 24.8 Å². The van der Waals surface area contributed by atoms with Crippen LogP contribution in [0, 0.1) is 0 Å². The van der Waals surface area contributed by atoms with Crippen LogP contribution in [0.4, 0.5) is 14.5 Å². The first-order valence-electron chi connectivity index (χ1n) is 6.44. The van der Waals surface area contributed by atoms with Gasteiger partial charge in [0, 0.05) is 25.1 Å².